The fourth-order valence-corrected chi connectivity index (χ4v) is 6.32. The maximum Gasteiger partial charge on any atom is 0.282 e. The van der Waals surface area contributed by atoms with Gasteiger partial charge in [-0.05, 0) is 119 Å². The Balaban J connectivity index is 0.000000228. The summed E-state index contributed by atoms with van der Waals surface area (Å²) in [6, 6.07) is 19.1. The van der Waals surface area contributed by atoms with Crippen molar-refractivity contribution >= 4 is 31.4 Å². The molecule has 0 saturated heterocycles. The zero-order valence-corrected chi connectivity index (χ0v) is 26.4. The van der Waals surface area contributed by atoms with Crippen molar-refractivity contribution in [1.29, 1.82) is 0 Å². The number of anilines is 1. The number of hydrogen-bond acceptors (Lipinski definition) is 5. The second kappa shape index (κ2) is 12.5. The number of methoxy groups -OCH3 is 1. The van der Waals surface area contributed by atoms with Crippen molar-refractivity contribution in [2.45, 2.75) is 63.9 Å². The topological polar surface area (TPSA) is 102 Å². The Kier molecular flexibility index (Phi) is 9.79. The van der Waals surface area contributed by atoms with Crippen LogP contribution in [0.3, 0.4) is 0 Å². The van der Waals surface area contributed by atoms with Crippen molar-refractivity contribution in [1.82, 2.24) is 0 Å². The number of allylic oxidation sites excluding steroid dienone is 2. The number of sulfonamides is 2. The van der Waals surface area contributed by atoms with Gasteiger partial charge in [0.25, 0.3) is 20.0 Å². The fraction of sp³-hybridized carbons (Fsp3) is 0.281. The number of aryl methyl sites for hydroxylation is 4. The van der Waals surface area contributed by atoms with Crippen LogP contribution in [0.4, 0.5) is 5.69 Å². The summed E-state index contributed by atoms with van der Waals surface area (Å²) in [7, 11) is -5.58. The predicted octanol–water partition coefficient (Wildman–Crippen LogP) is 6.85. The van der Waals surface area contributed by atoms with Crippen LogP contribution in [-0.4, -0.2) is 35.3 Å². The molecule has 0 bridgehead atoms. The molecule has 218 valence electrons. The first-order valence-corrected chi connectivity index (χ1v) is 16.0. The first-order chi connectivity index (χ1) is 19.1. The Labute approximate surface area is 244 Å². The van der Waals surface area contributed by atoms with Gasteiger partial charge in [0, 0.05) is 12.8 Å². The fourth-order valence-electron chi connectivity index (χ4n) is 4.31. The van der Waals surface area contributed by atoms with Gasteiger partial charge in [-0.2, -0.15) is 12.8 Å². The highest BCUT2D eigenvalue weighted by molar-refractivity contribution is 7.92. The van der Waals surface area contributed by atoms with Crippen LogP contribution in [0.2, 0.25) is 0 Å². The van der Waals surface area contributed by atoms with Crippen molar-refractivity contribution in [3.05, 3.63) is 112 Å². The molecule has 3 aromatic rings. The molecule has 0 aliphatic heterocycles. The third kappa shape index (κ3) is 8.03. The van der Waals surface area contributed by atoms with Crippen LogP contribution in [0.1, 0.15) is 43.0 Å². The molecule has 9 heteroatoms. The van der Waals surface area contributed by atoms with E-state index in [0.29, 0.717) is 11.4 Å². The summed E-state index contributed by atoms with van der Waals surface area (Å²) in [4.78, 5) is 0.472. The van der Waals surface area contributed by atoms with E-state index in [9.17, 15) is 16.8 Å². The van der Waals surface area contributed by atoms with Gasteiger partial charge in [-0.25, -0.2) is 8.42 Å². The first-order valence-electron chi connectivity index (χ1n) is 13.1. The molecule has 0 heterocycles. The van der Waals surface area contributed by atoms with Crippen LogP contribution in [-0.2, 0) is 24.8 Å². The number of benzene rings is 3. The maximum atomic E-state index is 12.4. The van der Waals surface area contributed by atoms with Crippen LogP contribution in [0, 0.1) is 27.7 Å². The molecular weight excluding hydrogens is 556 g/mol. The number of rotatable bonds is 6. The van der Waals surface area contributed by atoms with Gasteiger partial charge in [-0.1, -0.05) is 41.5 Å². The van der Waals surface area contributed by atoms with E-state index in [-0.39, 0.29) is 9.79 Å². The maximum absolute atomic E-state index is 12.4. The molecule has 0 amide bonds. The summed E-state index contributed by atoms with van der Waals surface area (Å²) >= 11 is 0. The summed E-state index contributed by atoms with van der Waals surface area (Å²) in [5.41, 5.74) is 6.45. The van der Waals surface area contributed by atoms with Gasteiger partial charge in [0.2, 0.25) is 0 Å². The zero-order chi connectivity index (χ0) is 30.6. The summed E-state index contributed by atoms with van der Waals surface area (Å²) in [6.45, 7) is 13.5. The molecule has 7 nitrogen and oxygen atoms in total. The molecule has 0 radical (unpaired) electrons. The Morgan fingerprint density at radius 2 is 1.10 bits per heavy atom. The lowest BCUT2D eigenvalue weighted by molar-refractivity contribution is 0.0697. The largest absolute Gasteiger partial charge is 0.370 e. The van der Waals surface area contributed by atoms with E-state index in [2.05, 4.69) is 9.12 Å². The van der Waals surface area contributed by atoms with E-state index in [1.807, 2.05) is 66.7 Å². The van der Waals surface area contributed by atoms with Gasteiger partial charge in [-0.3, -0.25) is 4.72 Å². The van der Waals surface area contributed by atoms with Crippen molar-refractivity contribution in [3.63, 3.8) is 0 Å². The summed E-state index contributed by atoms with van der Waals surface area (Å²) in [5.74, 6) is 0. The summed E-state index contributed by atoms with van der Waals surface area (Å²) in [6.07, 6.45) is 3.50. The standard InChI is InChI=1S/C17H21NO3S.C15H17NO2S/c1-12-6-8-16(9-7-12)22(19,20)18-15-10-13(2)17(4,21-5)14(3)11-15;1-11-4-6-15(7-5-11)19(17,18)16-14-9-12(2)8-13(3)10-14/h6-11H,1-5H3;4-10,16H,1-3H3. The average molecular weight is 595 g/mol. The minimum Gasteiger partial charge on any atom is -0.370 e. The third-order valence-electron chi connectivity index (χ3n) is 6.99. The molecule has 1 aliphatic carbocycles. The second-order valence-corrected chi connectivity index (χ2v) is 13.8. The van der Waals surface area contributed by atoms with Crippen LogP contribution >= 0.6 is 0 Å². The monoisotopic (exact) mass is 594 g/mol. The SMILES string of the molecule is COC1(C)C(C)=CC(=NS(=O)(=O)c2ccc(C)cc2)C=C1C.Cc1ccc(S(=O)(=O)Nc2cc(C)cc(C)c2)cc1. The van der Waals surface area contributed by atoms with E-state index in [1.54, 1.807) is 67.8 Å². The van der Waals surface area contributed by atoms with E-state index < -0.39 is 25.6 Å². The van der Waals surface area contributed by atoms with Crippen LogP contribution in [0.25, 0.3) is 0 Å². The number of ether oxygens (including phenoxy) is 1. The molecular formula is C32H38N2O5S2. The second-order valence-electron chi connectivity index (χ2n) is 10.5. The molecule has 1 N–H and O–H groups in total. The van der Waals surface area contributed by atoms with Crippen LogP contribution in [0.15, 0.2) is 104 Å². The van der Waals surface area contributed by atoms with Crippen molar-refractivity contribution in [2.24, 2.45) is 4.40 Å². The lowest BCUT2D eigenvalue weighted by Crippen LogP contribution is -2.33. The molecule has 1 aliphatic rings. The van der Waals surface area contributed by atoms with E-state index >= 15 is 0 Å². The number of nitrogens with zero attached hydrogens (tertiary/aromatic N) is 1. The Morgan fingerprint density at radius 3 is 1.54 bits per heavy atom. The first kappa shape index (κ1) is 32.0. The molecule has 0 aromatic heterocycles. The van der Waals surface area contributed by atoms with E-state index in [0.717, 1.165) is 33.4 Å². The van der Waals surface area contributed by atoms with Gasteiger partial charge in [0.05, 0.1) is 15.5 Å². The Hall–Kier alpha value is -3.53. The van der Waals surface area contributed by atoms with Gasteiger partial charge in [-0.15, -0.1) is 0 Å². The van der Waals surface area contributed by atoms with Crippen LogP contribution in [0.5, 0.6) is 0 Å². The lowest BCUT2D eigenvalue weighted by Gasteiger charge is -2.33. The van der Waals surface area contributed by atoms with Crippen LogP contribution < -0.4 is 4.72 Å². The lowest BCUT2D eigenvalue weighted by atomic mass is 9.84. The normalized spacial score (nSPS) is 17.1. The highest BCUT2D eigenvalue weighted by atomic mass is 32.2. The molecule has 0 unspecified atom stereocenters. The van der Waals surface area contributed by atoms with Crippen molar-refractivity contribution in [2.75, 3.05) is 11.8 Å². The highest BCUT2D eigenvalue weighted by Crippen LogP contribution is 2.32. The summed E-state index contributed by atoms with van der Waals surface area (Å²) in [5, 5.41) is 0. The number of nitrogens with one attached hydrogen (secondary N) is 1. The van der Waals surface area contributed by atoms with Crippen molar-refractivity contribution < 1.29 is 21.6 Å². The van der Waals surface area contributed by atoms with Gasteiger partial charge in [0.1, 0.15) is 5.60 Å². The van der Waals surface area contributed by atoms with E-state index in [4.69, 9.17) is 4.74 Å². The van der Waals surface area contributed by atoms with Gasteiger partial charge in [0.15, 0.2) is 0 Å². The minimum absolute atomic E-state index is 0.197. The molecule has 4 rings (SSSR count). The molecule has 3 aromatic carbocycles. The smallest absolute Gasteiger partial charge is 0.282 e. The molecule has 0 atom stereocenters. The molecule has 41 heavy (non-hydrogen) atoms. The third-order valence-corrected chi connectivity index (χ3v) is 9.71. The molecule has 0 fully saturated rings. The van der Waals surface area contributed by atoms with Gasteiger partial charge >= 0.3 is 0 Å². The van der Waals surface area contributed by atoms with Crippen molar-refractivity contribution in [3.8, 4) is 0 Å². The van der Waals surface area contributed by atoms with Gasteiger partial charge < -0.3 is 4.74 Å². The zero-order valence-electron chi connectivity index (χ0n) is 24.8. The minimum atomic E-state index is -3.71. The van der Waals surface area contributed by atoms with E-state index in [1.165, 1.54) is 0 Å². The number of hydrogen-bond donors (Lipinski definition) is 1. The highest BCUT2D eigenvalue weighted by Gasteiger charge is 2.31. The Bertz CT molecular complexity index is 1680. The Morgan fingerprint density at radius 1 is 0.659 bits per heavy atom. The predicted molar refractivity (Wildman–Crippen MR) is 167 cm³/mol. The summed E-state index contributed by atoms with van der Waals surface area (Å²) < 4.78 is 61.3. The molecule has 0 spiro atoms. The molecule has 0 saturated carbocycles. The quantitative estimate of drug-likeness (QED) is 0.336. The average Bonchev–Trinajstić information content (AvgIpc) is 2.87.